The number of aromatic nitrogens is 2. The highest BCUT2D eigenvalue weighted by molar-refractivity contribution is 5.79. The molecule has 1 aliphatic rings. The monoisotopic (exact) mass is 575 g/mol. The lowest BCUT2D eigenvalue weighted by atomic mass is 9.97. The van der Waals surface area contributed by atoms with Crippen LogP contribution in [0.2, 0.25) is 0 Å². The van der Waals surface area contributed by atoms with Crippen LogP contribution in [-0.2, 0) is 16.1 Å². The number of aryl methyl sites for hydroxylation is 1. The Balaban J connectivity index is 0.000000587. The van der Waals surface area contributed by atoms with Gasteiger partial charge in [-0.05, 0) is 31.4 Å². The second-order valence-electron chi connectivity index (χ2n) is 9.26. The van der Waals surface area contributed by atoms with Crippen LogP contribution in [0.5, 0.6) is 11.5 Å². The summed E-state index contributed by atoms with van der Waals surface area (Å²) in [5, 5.41) is 13.4. The Morgan fingerprint density at radius 2 is 1.71 bits per heavy atom. The van der Waals surface area contributed by atoms with E-state index >= 15 is 0 Å². The Hall–Kier alpha value is -4.55. The van der Waals surface area contributed by atoms with Crippen LogP contribution >= 0.6 is 0 Å². The standard InChI is InChI=1S/C26H31N5O3.C2HF3O2/c1-18-6-8-19(9-7-18)16-28-25(32)20-5-4-12-31(17-20)24-10-11-27-26(30-24)29-21-13-22(33-2)15-23(14-21)34-3;3-2(4,5)1(6)7/h6-11,13-15,20H,4-5,12,16-17H2,1-3H3,(H,28,32)(H,27,29,30);(H,6,7)/t20-;/m0./s1. The van der Waals surface area contributed by atoms with Crippen molar-refractivity contribution in [2.45, 2.75) is 32.5 Å². The van der Waals surface area contributed by atoms with E-state index in [9.17, 15) is 18.0 Å². The van der Waals surface area contributed by atoms with Crippen molar-refractivity contribution in [2.75, 3.05) is 37.5 Å². The quantitative estimate of drug-likeness (QED) is 0.350. The summed E-state index contributed by atoms with van der Waals surface area (Å²) in [5.74, 6) is -0.133. The maximum atomic E-state index is 12.8. The number of halogens is 3. The molecule has 1 aromatic heterocycles. The number of ether oxygens (including phenoxy) is 2. The van der Waals surface area contributed by atoms with Crippen molar-refractivity contribution >= 4 is 29.3 Å². The number of alkyl halides is 3. The van der Waals surface area contributed by atoms with Gasteiger partial charge in [0.2, 0.25) is 11.9 Å². The van der Waals surface area contributed by atoms with Crippen LogP contribution in [0.3, 0.4) is 0 Å². The number of benzene rings is 2. The number of nitrogens with zero attached hydrogens (tertiary/aromatic N) is 3. The van der Waals surface area contributed by atoms with Gasteiger partial charge in [-0.2, -0.15) is 18.2 Å². The summed E-state index contributed by atoms with van der Waals surface area (Å²) in [6, 6.07) is 15.6. The molecule has 1 atom stereocenters. The Kier molecular flexibility index (Phi) is 10.7. The average Bonchev–Trinajstić information content (AvgIpc) is 2.96. The molecule has 13 heteroatoms. The summed E-state index contributed by atoms with van der Waals surface area (Å²) in [5.41, 5.74) is 3.08. The molecule has 2 aromatic carbocycles. The van der Waals surface area contributed by atoms with Crippen molar-refractivity contribution in [3.05, 3.63) is 65.9 Å². The van der Waals surface area contributed by atoms with Gasteiger partial charge in [-0.25, -0.2) is 9.78 Å². The van der Waals surface area contributed by atoms with Gasteiger partial charge in [0, 0.05) is 49.7 Å². The van der Waals surface area contributed by atoms with E-state index < -0.39 is 12.1 Å². The van der Waals surface area contributed by atoms with Crippen molar-refractivity contribution in [1.29, 1.82) is 0 Å². The molecular formula is C28H32F3N5O5. The topological polar surface area (TPSA) is 126 Å². The largest absolute Gasteiger partial charge is 0.497 e. The summed E-state index contributed by atoms with van der Waals surface area (Å²) < 4.78 is 42.4. The van der Waals surface area contributed by atoms with Crippen LogP contribution in [0.4, 0.5) is 30.6 Å². The van der Waals surface area contributed by atoms with Gasteiger partial charge in [-0.15, -0.1) is 0 Å². The van der Waals surface area contributed by atoms with Gasteiger partial charge < -0.3 is 30.1 Å². The molecule has 0 aliphatic carbocycles. The molecular weight excluding hydrogens is 543 g/mol. The fourth-order valence-electron chi connectivity index (χ4n) is 4.03. The highest BCUT2D eigenvalue weighted by Gasteiger charge is 2.38. The molecule has 1 fully saturated rings. The number of piperidine rings is 1. The van der Waals surface area contributed by atoms with E-state index in [1.54, 1.807) is 26.5 Å². The first-order chi connectivity index (χ1) is 19.5. The lowest BCUT2D eigenvalue weighted by molar-refractivity contribution is -0.192. The van der Waals surface area contributed by atoms with E-state index in [0.717, 1.165) is 36.5 Å². The molecule has 0 unspecified atom stereocenters. The number of amides is 1. The van der Waals surface area contributed by atoms with Crippen molar-refractivity contribution in [1.82, 2.24) is 15.3 Å². The van der Waals surface area contributed by atoms with Gasteiger partial charge in [0.25, 0.3) is 0 Å². The number of methoxy groups -OCH3 is 2. The Morgan fingerprint density at radius 3 is 2.29 bits per heavy atom. The second kappa shape index (κ2) is 14.2. The second-order valence-corrected chi connectivity index (χ2v) is 9.26. The number of anilines is 3. The Morgan fingerprint density at radius 1 is 1.07 bits per heavy atom. The predicted molar refractivity (Wildman–Crippen MR) is 147 cm³/mol. The molecule has 1 aliphatic heterocycles. The predicted octanol–water partition coefficient (Wildman–Crippen LogP) is 4.71. The summed E-state index contributed by atoms with van der Waals surface area (Å²) in [7, 11) is 3.22. The number of carbonyl (C=O) groups excluding carboxylic acids is 1. The summed E-state index contributed by atoms with van der Waals surface area (Å²) in [6.45, 7) is 4.08. The summed E-state index contributed by atoms with van der Waals surface area (Å²) >= 11 is 0. The molecule has 3 N–H and O–H groups in total. The van der Waals surface area contributed by atoms with E-state index in [4.69, 9.17) is 19.4 Å². The van der Waals surface area contributed by atoms with E-state index in [1.807, 2.05) is 18.2 Å². The number of rotatable bonds is 8. The zero-order chi connectivity index (χ0) is 30.0. The average molecular weight is 576 g/mol. The molecule has 0 bridgehead atoms. The van der Waals surface area contributed by atoms with Gasteiger partial charge in [-0.3, -0.25) is 4.79 Å². The maximum absolute atomic E-state index is 12.8. The summed E-state index contributed by atoms with van der Waals surface area (Å²) in [4.78, 5) is 32.9. The van der Waals surface area contributed by atoms with Crippen molar-refractivity contribution in [3.8, 4) is 11.5 Å². The number of aliphatic carboxylic acids is 1. The molecule has 4 rings (SSSR count). The molecule has 0 saturated carbocycles. The van der Waals surface area contributed by atoms with Gasteiger partial charge in [0.1, 0.15) is 17.3 Å². The first kappa shape index (κ1) is 31.0. The third-order valence-corrected chi connectivity index (χ3v) is 6.19. The Labute approximate surface area is 235 Å². The molecule has 41 heavy (non-hydrogen) atoms. The highest BCUT2D eigenvalue weighted by atomic mass is 19.4. The number of carboxylic acid groups (broad SMARTS) is 1. The van der Waals surface area contributed by atoms with Gasteiger partial charge in [0.15, 0.2) is 0 Å². The molecule has 1 amide bonds. The van der Waals surface area contributed by atoms with Crippen LogP contribution in [-0.4, -0.2) is 60.4 Å². The van der Waals surface area contributed by atoms with Crippen LogP contribution in [0.25, 0.3) is 0 Å². The first-order valence-electron chi connectivity index (χ1n) is 12.7. The van der Waals surface area contributed by atoms with Gasteiger partial charge in [0.05, 0.1) is 20.1 Å². The zero-order valence-electron chi connectivity index (χ0n) is 22.9. The van der Waals surface area contributed by atoms with Crippen molar-refractivity contribution < 1.29 is 37.3 Å². The van der Waals surface area contributed by atoms with E-state index in [0.29, 0.717) is 30.5 Å². The van der Waals surface area contributed by atoms with Gasteiger partial charge in [-0.1, -0.05) is 29.8 Å². The lowest BCUT2D eigenvalue weighted by Gasteiger charge is -2.33. The fraction of sp³-hybridized carbons (Fsp3) is 0.357. The molecule has 10 nitrogen and oxygen atoms in total. The first-order valence-corrected chi connectivity index (χ1v) is 12.7. The fourth-order valence-corrected chi connectivity index (χ4v) is 4.03. The number of hydrogen-bond donors (Lipinski definition) is 3. The maximum Gasteiger partial charge on any atom is 0.490 e. The molecule has 3 aromatic rings. The minimum atomic E-state index is -5.08. The van der Waals surface area contributed by atoms with Crippen molar-refractivity contribution in [3.63, 3.8) is 0 Å². The van der Waals surface area contributed by atoms with Crippen LogP contribution in [0, 0.1) is 12.8 Å². The Bertz CT molecular complexity index is 1300. The van der Waals surface area contributed by atoms with Crippen LogP contribution in [0.15, 0.2) is 54.7 Å². The number of carbonyl (C=O) groups is 2. The molecule has 220 valence electrons. The lowest BCUT2D eigenvalue weighted by Crippen LogP contribution is -2.43. The van der Waals surface area contributed by atoms with Crippen molar-refractivity contribution in [2.24, 2.45) is 5.92 Å². The molecule has 2 heterocycles. The van der Waals surface area contributed by atoms with E-state index in [1.165, 1.54) is 5.56 Å². The SMILES string of the molecule is COc1cc(Nc2nccc(N3CCC[C@H](C(=O)NCc4ccc(C)cc4)C3)n2)cc(OC)c1.O=C(O)C(F)(F)F. The number of carboxylic acids is 1. The number of nitrogens with one attached hydrogen (secondary N) is 2. The molecule has 0 radical (unpaired) electrons. The minimum absolute atomic E-state index is 0.0757. The van der Waals surface area contributed by atoms with E-state index in [-0.39, 0.29) is 11.8 Å². The highest BCUT2D eigenvalue weighted by Crippen LogP contribution is 2.28. The normalized spacial score (nSPS) is 14.8. The third-order valence-electron chi connectivity index (χ3n) is 6.19. The van der Waals surface area contributed by atoms with Crippen LogP contribution < -0.4 is 25.0 Å². The molecule has 1 saturated heterocycles. The number of hydrogen-bond acceptors (Lipinski definition) is 8. The summed E-state index contributed by atoms with van der Waals surface area (Å²) in [6.07, 6.45) is -1.55. The van der Waals surface area contributed by atoms with Gasteiger partial charge >= 0.3 is 12.1 Å². The molecule has 0 spiro atoms. The third kappa shape index (κ3) is 9.55. The minimum Gasteiger partial charge on any atom is -0.497 e. The smallest absolute Gasteiger partial charge is 0.490 e. The zero-order valence-corrected chi connectivity index (χ0v) is 22.9. The van der Waals surface area contributed by atoms with Crippen LogP contribution in [0.1, 0.15) is 24.0 Å². The van der Waals surface area contributed by atoms with E-state index in [2.05, 4.69) is 56.7 Å².